The lowest BCUT2D eigenvalue weighted by atomic mass is 10.0. The number of nitrogens with zero attached hydrogens (tertiary/aromatic N) is 2. The Balaban J connectivity index is 1.67. The summed E-state index contributed by atoms with van der Waals surface area (Å²) in [6.07, 6.45) is 3.57. The van der Waals surface area contributed by atoms with E-state index < -0.39 is 0 Å². The van der Waals surface area contributed by atoms with E-state index >= 15 is 0 Å². The third kappa shape index (κ3) is 2.54. The molecular weight excluding hydrogens is 302 g/mol. The Morgan fingerprint density at radius 2 is 1.92 bits per heavy atom. The molecular formula is C18H15N5O. The van der Waals surface area contributed by atoms with Crippen molar-refractivity contribution in [2.24, 2.45) is 0 Å². The van der Waals surface area contributed by atoms with Crippen molar-refractivity contribution in [1.82, 2.24) is 20.4 Å². The van der Waals surface area contributed by atoms with Gasteiger partial charge in [-0.3, -0.25) is 15.0 Å². The van der Waals surface area contributed by atoms with Gasteiger partial charge < -0.3 is 5.32 Å². The van der Waals surface area contributed by atoms with E-state index in [1.165, 1.54) is 0 Å². The first-order chi connectivity index (χ1) is 11.8. The number of carbonyl (C=O) groups excluding carboxylic acids is 1. The monoisotopic (exact) mass is 317 g/mol. The van der Waals surface area contributed by atoms with E-state index in [0.29, 0.717) is 17.8 Å². The fourth-order valence-corrected chi connectivity index (χ4v) is 2.67. The van der Waals surface area contributed by atoms with E-state index in [0.717, 1.165) is 22.2 Å². The van der Waals surface area contributed by atoms with E-state index in [2.05, 4.69) is 25.7 Å². The fourth-order valence-electron chi connectivity index (χ4n) is 2.67. The quantitative estimate of drug-likeness (QED) is 0.494. The highest BCUT2D eigenvalue weighted by Crippen LogP contribution is 2.23. The number of rotatable bonds is 5. The summed E-state index contributed by atoms with van der Waals surface area (Å²) in [6.45, 7) is 0.585. The van der Waals surface area contributed by atoms with E-state index in [1.807, 2.05) is 54.7 Å². The van der Waals surface area contributed by atoms with Gasteiger partial charge in [0.25, 0.3) is 0 Å². The summed E-state index contributed by atoms with van der Waals surface area (Å²) in [7, 11) is 0. The number of hydrogen-bond donors (Lipinski definition) is 3. The van der Waals surface area contributed by atoms with Gasteiger partial charge in [0.05, 0.1) is 11.7 Å². The SMILES string of the molecule is O=C(c1ccccc1NCc1cn[nH]c1)c1n[nH]c2ccccc12. The molecule has 0 radical (unpaired) electrons. The standard InChI is InChI=1S/C18H15N5O/c24-18(17-13-5-1-4-8-16(13)22-23-17)14-6-2-3-7-15(14)19-9-12-10-20-21-11-12/h1-8,10-11,19H,9H2,(H,20,21)(H,22,23). The fraction of sp³-hybridized carbons (Fsp3) is 0.0556. The largest absolute Gasteiger partial charge is 0.380 e. The van der Waals surface area contributed by atoms with Crippen LogP contribution in [0.1, 0.15) is 21.6 Å². The molecule has 0 saturated heterocycles. The maximum Gasteiger partial charge on any atom is 0.215 e. The predicted octanol–water partition coefficient (Wildman–Crippen LogP) is 3.13. The second kappa shape index (κ2) is 6.00. The van der Waals surface area contributed by atoms with Gasteiger partial charge in [0.2, 0.25) is 5.78 Å². The molecule has 0 unspecified atom stereocenters. The molecule has 2 heterocycles. The summed E-state index contributed by atoms with van der Waals surface area (Å²) in [5, 5.41) is 17.9. The van der Waals surface area contributed by atoms with Crippen LogP contribution < -0.4 is 5.32 Å². The van der Waals surface area contributed by atoms with Crippen LogP contribution in [-0.2, 0) is 6.54 Å². The molecule has 0 atom stereocenters. The van der Waals surface area contributed by atoms with Gasteiger partial charge in [0.1, 0.15) is 5.69 Å². The zero-order valence-corrected chi connectivity index (χ0v) is 12.8. The zero-order valence-electron chi connectivity index (χ0n) is 12.8. The third-order valence-corrected chi connectivity index (χ3v) is 3.89. The number of ketones is 1. The number of aromatic amines is 2. The average Bonchev–Trinajstić information content (AvgIpc) is 3.29. The van der Waals surface area contributed by atoms with Crippen molar-refractivity contribution in [3.8, 4) is 0 Å². The van der Waals surface area contributed by atoms with Gasteiger partial charge in [-0.25, -0.2) is 0 Å². The summed E-state index contributed by atoms with van der Waals surface area (Å²) in [5.74, 6) is -0.109. The zero-order chi connectivity index (χ0) is 16.4. The van der Waals surface area contributed by atoms with E-state index in [4.69, 9.17) is 0 Å². The molecule has 24 heavy (non-hydrogen) atoms. The van der Waals surface area contributed by atoms with Crippen LogP contribution >= 0.6 is 0 Å². The normalized spacial score (nSPS) is 10.8. The molecule has 0 spiro atoms. The molecule has 6 nitrogen and oxygen atoms in total. The van der Waals surface area contributed by atoms with Crippen LogP contribution in [0.25, 0.3) is 10.9 Å². The van der Waals surface area contributed by atoms with Crippen LogP contribution in [-0.4, -0.2) is 26.2 Å². The van der Waals surface area contributed by atoms with Gasteiger partial charge in [-0.2, -0.15) is 10.2 Å². The van der Waals surface area contributed by atoms with Gasteiger partial charge in [-0.1, -0.05) is 30.3 Å². The lowest BCUT2D eigenvalue weighted by molar-refractivity contribution is 0.103. The molecule has 0 aliphatic carbocycles. The Labute approximate surface area is 137 Å². The van der Waals surface area contributed by atoms with Gasteiger partial charge in [-0.15, -0.1) is 0 Å². The van der Waals surface area contributed by atoms with Crippen LogP contribution in [0.4, 0.5) is 5.69 Å². The van der Waals surface area contributed by atoms with E-state index in [1.54, 1.807) is 6.20 Å². The van der Waals surface area contributed by atoms with Crippen molar-refractivity contribution in [1.29, 1.82) is 0 Å². The molecule has 0 aliphatic rings. The number of anilines is 1. The van der Waals surface area contributed by atoms with Crippen LogP contribution in [0, 0.1) is 0 Å². The van der Waals surface area contributed by atoms with Gasteiger partial charge in [0, 0.05) is 34.9 Å². The summed E-state index contributed by atoms with van der Waals surface area (Å²) in [6, 6.07) is 15.1. The molecule has 4 rings (SSSR count). The summed E-state index contributed by atoms with van der Waals surface area (Å²) in [5.41, 5.74) is 3.67. The van der Waals surface area contributed by atoms with Crippen molar-refractivity contribution in [2.45, 2.75) is 6.54 Å². The molecule has 2 aromatic heterocycles. The Bertz CT molecular complexity index is 988. The van der Waals surface area contributed by atoms with Gasteiger partial charge >= 0.3 is 0 Å². The predicted molar refractivity (Wildman–Crippen MR) is 91.9 cm³/mol. The molecule has 2 aromatic carbocycles. The number of H-pyrrole nitrogens is 2. The van der Waals surface area contributed by atoms with Crippen molar-refractivity contribution < 1.29 is 4.79 Å². The smallest absolute Gasteiger partial charge is 0.215 e. The minimum atomic E-state index is -0.109. The maximum atomic E-state index is 13.0. The maximum absolute atomic E-state index is 13.0. The first-order valence-corrected chi connectivity index (χ1v) is 7.61. The number of hydrogen-bond acceptors (Lipinski definition) is 4. The highest BCUT2D eigenvalue weighted by Gasteiger charge is 2.18. The summed E-state index contributed by atoms with van der Waals surface area (Å²) < 4.78 is 0. The summed E-state index contributed by atoms with van der Waals surface area (Å²) in [4.78, 5) is 13.0. The Kier molecular flexibility index (Phi) is 3.55. The topological polar surface area (TPSA) is 86.5 Å². The third-order valence-electron chi connectivity index (χ3n) is 3.89. The number of benzene rings is 2. The number of nitrogens with one attached hydrogen (secondary N) is 3. The average molecular weight is 317 g/mol. The number of fused-ring (bicyclic) bond motifs is 1. The molecule has 6 heteroatoms. The lowest BCUT2D eigenvalue weighted by Gasteiger charge is -2.09. The molecule has 118 valence electrons. The van der Waals surface area contributed by atoms with E-state index in [9.17, 15) is 4.79 Å². The van der Waals surface area contributed by atoms with Crippen LogP contribution in [0.5, 0.6) is 0 Å². The van der Waals surface area contributed by atoms with Crippen LogP contribution in [0.15, 0.2) is 60.9 Å². The molecule has 0 amide bonds. The Morgan fingerprint density at radius 3 is 2.79 bits per heavy atom. The Morgan fingerprint density at radius 1 is 1.08 bits per heavy atom. The second-order valence-corrected chi connectivity index (χ2v) is 5.45. The minimum absolute atomic E-state index is 0.109. The van der Waals surface area contributed by atoms with Crippen LogP contribution in [0.3, 0.4) is 0 Å². The first-order valence-electron chi connectivity index (χ1n) is 7.61. The van der Waals surface area contributed by atoms with Crippen molar-refractivity contribution in [3.63, 3.8) is 0 Å². The van der Waals surface area contributed by atoms with Crippen molar-refractivity contribution in [2.75, 3.05) is 5.32 Å². The van der Waals surface area contributed by atoms with Crippen LogP contribution in [0.2, 0.25) is 0 Å². The van der Waals surface area contributed by atoms with Crippen molar-refractivity contribution in [3.05, 3.63) is 77.7 Å². The highest BCUT2D eigenvalue weighted by atomic mass is 16.1. The van der Waals surface area contributed by atoms with Crippen molar-refractivity contribution >= 4 is 22.4 Å². The molecule has 0 aliphatic heterocycles. The van der Waals surface area contributed by atoms with Gasteiger partial charge in [0.15, 0.2) is 0 Å². The second-order valence-electron chi connectivity index (χ2n) is 5.45. The summed E-state index contributed by atoms with van der Waals surface area (Å²) >= 11 is 0. The lowest BCUT2D eigenvalue weighted by Crippen LogP contribution is -2.08. The Hall–Kier alpha value is -3.41. The number of carbonyl (C=O) groups is 1. The molecule has 4 aromatic rings. The first kappa shape index (κ1) is 14.2. The van der Waals surface area contributed by atoms with Gasteiger partial charge in [-0.05, 0) is 18.2 Å². The molecule has 0 saturated carbocycles. The number of para-hydroxylation sites is 2. The highest BCUT2D eigenvalue weighted by molar-refractivity contribution is 6.17. The molecule has 0 fully saturated rings. The molecule has 3 N–H and O–H groups in total. The van der Waals surface area contributed by atoms with E-state index in [-0.39, 0.29) is 5.78 Å². The molecule has 0 bridgehead atoms. The minimum Gasteiger partial charge on any atom is -0.380 e. The number of aromatic nitrogens is 4.